The van der Waals surface area contributed by atoms with E-state index in [2.05, 4.69) is 37.3 Å². The van der Waals surface area contributed by atoms with E-state index in [1.54, 1.807) is 0 Å². The number of benzene rings is 1. The van der Waals surface area contributed by atoms with Gasteiger partial charge in [-0.1, -0.05) is 43.7 Å². The highest BCUT2D eigenvalue weighted by Crippen LogP contribution is 2.11. The molecule has 0 fully saturated rings. The van der Waals surface area contributed by atoms with E-state index in [4.69, 9.17) is 5.73 Å². The molecule has 0 bridgehead atoms. The van der Waals surface area contributed by atoms with Crippen molar-refractivity contribution in [3.63, 3.8) is 0 Å². The van der Waals surface area contributed by atoms with Crippen molar-refractivity contribution in [1.82, 2.24) is 0 Å². The fraction of sp³-hybridized carbons (Fsp3) is 0.500. The second-order valence-corrected chi connectivity index (χ2v) is 3.53. The van der Waals surface area contributed by atoms with Gasteiger partial charge >= 0.3 is 0 Å². The zero-order chi connectivity index (χ0) is 9.52. The van der Waals surface area contributed by atoms with Crippen LogP contribution in [-0.4, -0.2) is 6.54 Å². The molecule has 0 saturated heterocycles. The molecule has 0 aliphatic heterocycles. The van der Waals surface area contributed by atoms with Crippen molar-refractivity contribution in [2.45, 2.75) is 26.2 Å². The van der Waals surface area contributed by atoms with Gasteiger partial charge in [0.25, 0.3) is 0 Å². The van der Waals surface area contributed by atoms with Crippen molar-refractivity contribution < 1.29 is 0 Å². The lowest BCUT2D eigenvalue weighted by Gasteiger charge is -2.11. The highest BCUT2D eigenvalue weighted by atomic mass is 14.5. The van der Waals surface area contributed by atoms with Gasteiger partial charge in [-0.3, -0.25) is 0 Å². The van der Waals surface area contributed by atoms with Gasteiger partial charge in [0.1, 0.15) is 0 Å². The third kappa shape index (κ3) is 3.60. The lowest BCUT2D eigenvalue weighted by molar-refractivity contribution is 0.482. The van der Waals surface area contributed by atoms with Crippen LogP contribution in [0.4, 0.5) is 0 Å². The molecule has 0 aliphatic carbocycles. The maximum absolute atomic E-state index is 5.65. The molecular weight excluding hydrogens is 158 g/mol. The topological polar surface area (TPSA) is 26.0 Å². The first-order chi connectivity index (χ1) is 6.36. The fourth-order valence-corrected chi connectivity index (χ4v) is 1.50. The van der Waals surface area contributed by atoms with Crippen LogP contribution in [-0.2, 0) is 6.42 Å². The van der Waals surface area contributed by atoms with Gasteiger partial charge in [0.15, 0.2) is 0 Å². The van der Waals surface area contributed by atoms with Crippen molar-refractivity contribution in [3.8, 4) is 0 Å². The largest absolute Gasteiger partial charge is 0.330 e. The quantitative estimate of drug-likeness (QED) is 0.735. The van der Waals surface area contributed by atoms with Gasteiger partial charge < -0.3 is 5.73 Å². The normalized spacial score (nSPS) is 12.8. The van der Waals surface area contributed by atoms with Crippen LogP contribution in [0.5, 0.6) is 0 Å². The first-order valence-corrected chi connectivity index (χ1v) is 5.10. The van der Waals surface area contributed by atoms with Crippen molar-refractivity contribution >= 4 is 0 Å². The second-order valence-electron chi connectivity index (χ2n) is 3.53. The Morgan fingerprint density at radius 3 is 2.46 bits per heavy atom. The zero-order valence-corrected chi connectivity index (χ0v) is 8.37. The highest BCUT2D eigenvalue weighted by Gasteiger charge is 2.03. The number of aryl methyl sites for hydroxylation is 1. The first-order valence-electron chi connectivity index (χ1n) is 5.10. The summed E-state index contributed by atoms with van der Waals surface area (Å²) in [5.41, 5.74) is 7.07. The number of nitrogens with two attached hydrogens (primary N) is 1. The van der Waals surface area contributed by atoms with Crippen LogP contribution in [0.25, 0.3) is 0 Å². The highest BCUT2D eigenvalue weighted by molar-refractivity contribution is 5.14. The molecule has 72 valence electrons. The van der Waals surface area contributed by atoms with Gasteiger partial charge in [0, 0.05) is 0 Å². The van der Waals surface area contributed by atoms with Gasteiger partial charge in [0.05, 0.1) is 0 Å². The summed E-state index contributed by atoms with van der Waals surface area (Å²) >= 11 is 0. The van der Waals surface area contributed by atoms with Crippen molar-refractivity contribution in [2.24, 2.45) is 11.7 Å². The minimum atomic E-state index is 0.695. The van der Waals surface area contributed by atoms with Crippen molar-refractivity contribution in [3.05, 3.63) is 35.9 Å². The van der Waals surface area contributed by atoms with Crippen LogP contribution in [0.15, 0.2) is 30.3 Å². The molecule has 1 heteroatoms. The molecule has 1 aromatic rings. The summed E-state index contributed by atoms with van der Waals surface area (Å²) in [6.07, 6.45) is 3.58. The van der Waals surface area contributed by atoms with Gasteiger partial charge in [-0.05, 0) is 30.9 Å². The summed E-state index contributed by atoms with van der Waals surface area (Å²) in [6.45, 7) is 3.03. The molecule has 0 aromatic heterocycles. The maximum Gasteiger partial charge on any atom is -0.00489 e. The molecule has 0 aliphatic rings. The van der Waals surface area contributed by atoms with E-state index < -0.39 is 0 Å². The maximum atomic E-state index is 5.65. The molecule has 2 N–H and O–H groups in total. The summed E-state index contributed by atoms with van der Waals surface area (Å²) < 4.78 is 0. The Kier molecular flexibility index (Phi) is 4.55. The molecule has 13 heavy (non-hydrogen) atoms. The molecule has 0 spiro atoms. The lowest BCUT2D eigenvalue weighted by Crippen LogP contribution is -2.14. The Morgan fingerprint density at radius 1 is 1.23 bits per heavy atom. The summed E-state index contributed by atoms with van der Waals surface area (Å²) in [4.78, 5) is 0. The van der Waals surface area contributed by atoms with E-state index in [1.165, 1.54) is 18.4 Å². The first kappa shape index (κ1) is 10.3. The van der Waals surface area contributed by atoms with Gasteiger partial charge in [-0.2, -0.15) is 0 Å². The Labute approximate surface area is 81.0 Å². The number of hydrogen-bond donors (Lipinski definition) is 1. The summed E-state index contributed by atoms with van der Waals surface area (Å²) in [5, 5.41) is 0. The third-order valence-corrected chi connectivity index (χ3v) is 2.59. The predicted octanol–water partition coefficient (Wildman–Crippen LogP) is 2.60. The van der Waals surface area contributed by atoms with Gasteiger partial charge in [-0.25, -0.2) is 0 Å². The summed E-state index contributed by atoms with van der Waals surface area (Å²) in [7, 11) is 0. The van der Waals surface area contributed by atoms with Crippen LogP contribution >= 0.6 is 0 Å². The molecule has 0 saturated carbocycles. The average molecular weight is 177 g/mol. The Balaban J connectivity index is 2.34. The van der Waals surface area contributed by atoms with Gasteiger partial charge in [-0.15, -0.1) is 0 Å². The third-order valence-electron chi connectivity index (χ3n) is 2.59. The molecule has 0 heterocycles. The monoisotopic (exact) mass is 177 g/mol. The molecule has 0 radical (unpaired) electrons. The minimum absolute atomic E-state index is 0.695. The summed E-state index contributed by atoms with van der Waals surface area (Å²) in [5.74, 6) is 0.695. The summed E-state index contributed by atoms with van der Waals surface area (Å²) in [6, 6.07) is 10.6. The van der Waals surface area contributed by atoms with E-state index in [-0.39, 0.29) is 0 Å². The van der Waals surface area contributed by atoms with Crippen LogP contribution in [0, 0.1) is 5.92 Å². The van der Waals surface area contributed by atoms with Crippen LogP contribution < -0.4 is 5.73 Å². The van der Waals surface area contributed by atoms with Crippen LogP contribution in [0.2, 0.25) is 0 Å². The average Bonchev–Trinajstić information content (AvgIpc) is 2.21. The molecule has 0 unspecified atom stereocenters. The fourth-order valence-electron chi connectivity index (χ4n) is 1.50. The van der Waals surface area contributed by atoms with Gasteiger partial charge in [0.2, 0.25) is 0 Å². The Bertz CT molecular complexity index is 214. The van der Waals surface area contributed by atoms with Crippen molar-refractivity contribution in [1.29, 1.82) is 0 Å². The SMILES string of the molecule is CC[C@H](CN)CCc1ccccc1. The Morgan fingerprint density at radius 2 is 1.92 bits per heavy atom. The zero-order valence-electron chi connectivity index (χ0n) is 8.37. The predicted molar refractivity (Wildman–Crippen MR) is 57.6 cm³/mol. The van der Waals surface area contributed by atoms with Crippen LogP contribution in [0.3, 0.4) is 0 Å². The molecule has 1 aromatic carbocycles. The van der Waals surface area contributed by atoms with E-state index >= 15 is 0 Å². The van der Waals surface area contributed by atoms with Crippen molar-refractivity contribution in [2.75, 3.05) is 6.54 Å². The second kappa shape index (κ2) is 5.76. The molecule has 0 amide bonds. The van der Waals surface area contributed by atoms with E-state index in [1.807, 2.05) is 0 Å². The van der Waals surface area contributed by atoms with Crippen LogP contribution in [0.1, 0.15) is 25.3 Å². The molecular formula is C12H19N. The molecule has 1 rings (SSSR count). The molecule has 1 nitrogen and oxygen atoms in total. The number of rotatable bonds is 5. The van der Waals surface area contributed by atoms with E-state index in [0.717, 1.165) is 13.0 Å². The standard InChI is InChI=1S/C12H19N/c1-2-11(10-13)8-9-12-6-4-3-5-7-12/h3-7,11H,2,8-10,13H2,1H3/t11-/m0/s1. The Hall–Kier alpha value is -0.820. The molecule has 1 atom stereocenters. The number of hydrogen-bond acceptors (Lipinski definition) is 1. The smallest absolute Gasteiger partial charge is 0.00489 e. The minimum Gasteiger partial charge on any atom is -0.330 e. The lowest BCUT2D eigenvalue weighted by atomic mass is 9.97. The van der Waals surface area contributed by atoms with E-state index in [0.29, 0.717) is 5.92 Å². The van der Waals surface area contributed by atoms with E-state index in [9.17, 15) is 0 Å².